The lowest BCUT2D eigenvalue weighted by molar-refractivity contribution is -0.155. The molecule has 9 heteroatoms. The van der Waals surface area contributed by atoms with Crippen LogP contribution >= 0.6 is 0 Å². The predicted octanol–water partition coefficient (Wildman–Crippen LogP) is -0.392. The lowest BCUT2D eigenvalue weighted by Crippen LogP contribution is -2.31. The Bertz CT molecular complexity index is 628. The Balaban J connectivity index is 2.15. The van der Waals surface area contributed by atoms with Crippen molar-refractivity contribution in [1.29, 1.82) is 0 Å². The summed E-state index contributed by atoms with van der Waals surface area (Å²) in [6.07, 6.45) is -0.246. The predicted molar refractivity (Wildman–Crippen MR) is 73.6 cm³/mol. The van der Waals surface area contributed by atoms with Gasteiger partial charge in [0.2, 0.25) is 0 Å². The number of ether oxygens (including phenoxy) is 3. The lowest BCUT2D eigenvalue weighted by atomic mass is 10.2. The number of esters is 2. The van der Waals surface area contributed by atoms with Gasteiger partial charge < -0.3 is 19.9 Å². The fraction of sp³-hybridized carbons (Fsp3) is 0.538. The second-order valence-corrected chi connectivity index (χ2v) is 4.86. The van der Waals surface area contributed by atoms with Crippen molar-refractivity contribution < 1.29 is 23.8 Å². The summed E-state index contributed by atoms with van der Waals surface area (Å²) >= 11 is 0. The quantitative estimate of drug-likeness (QED) is 0.746. The minimum Gasteiger partial charge on any atom is -0.463 e. The highest BCUT2D eigenvalue weighted by Gasteiger charge is 2.39. The number of carbonyl (C=O) groups excluding carboxylic acids is 2. The zero-order chi connectivity index (χ0) is 16.3. The summed E-state index contributed by atoms with van der Waals surface area (Å²) in [5, 5.41) is 0. The SMILES string of the molecule is CC(=O)OCC1OC(n2ccc(N)nc2=O)CC1OC(C)=O. The normalized spacial score (nSPS) is 24.0. The first-order valence-corrected chi connectivity index (χ1v) is 6.67. The van der Waals surface area contributed by atoms with Crippen molar-refractivity contribution in [2.24, 2.45) is 0 Å². The molecule has 0 amide bonds. The van der Waals surface area contributed by atoms with Crippen LogP contribution < -0.4 is 11.4 Å². The maximum atomic E-state index is 11.8. The van der Waals surface area contributed by atoms with Crippen molar-refractivity contribution in [2.45, 2.75) is 38.7 Å². The van der Waals surface area contributed by atoms with Gasteiger partial charge in [0.1, 0.15) is 30.9 Å². The van der Waals surface area contributed by atoms with E-state index in [1.165, 1.54) is 30.7 Å². The monoisotopic (exact) mass is 311 g/mol. The Labute approximate surface area is 126 Å². The van der Waals surface area contributed by atoms with E-state index in [0.717, 1.165) is 0 Å². The summed E-state index contributed by atoms with van der Waals surface area (Å²) in [6, 6.07) is 1.46. The van der Waals surface area contributed by atoms with Gasteiger partial charge in [-0.25, -0.2) is 4.79 Å². The van der Waals surface area contributed by atoms with Crippen molar-refractivity contribution >= 4 is 17.8 Å². The molecule has 9 nitrogen and oxygen atoms in total. The molecule has 1 aliphatic heterocycles. The number of nitrogens with two attached hydrogens (primary N) is 1. The van der Waals surface area contributed by atoms with Gasteiger partial charge in [-0.3, -0.25) is 14.2 Å². The summed E-state index contributed by atoms with van der Waals surface area (Å²) in [7, 11) is 0. The van der Waals surface area contributed by atoms with Crippen LogP contribution in [0.5, 0.6) is 0 Å². The first kappa shape index (κ1) is 16.0. The number of rotatable bonds is 4. The molecule has 0 bridgehead atoms. The maximum Gasteiger partial charge on any atom is 0.351 e. The highest BCUT2D eigenvalue weighted by atomic mass is 16.6. The molecule has 1 fully saturated rings. The van der Waals surface area contributed by atoms with Crippen molar-refractivity contribution in [2.75, 3.05) is 12.3 Å². The number of nitrogens with zero attached hydrogens (tertiary/aromatic N) is 2. The van der Waals surface area contributed by atoms with E-state index in [9.17, 15) is 14.4 Å². The third kappa shape index (κ3) is 3.82. The molecule has 22 heavy (non-hydrogen) atoms. The molecule has 1 saturated heterocycles. The Morgan fingerprint density at radius 1 is 1.45 bits per heavy atom. The number of hydrogen-bond donors (Lipinski definition) is 1. The fourth-order valence-corrected chi connectivity index (χ4v) is 2.20. The van der Waals surface area contributed by atoms with Gasteiger partial charge in [0.15, 0.2) is 0 Å². The van der Waals surface area contributed by atoms with E-state index in [2.05, 4.69) is 4.98 Å². The highest BCUT2D eigenvalue weighted by molar-refractivity contribution is 5.66. The van der Waals surface area contributed by atoms with Gasteiger partial charge in [-0.1, -0.05) is 0 Å². The van der Waals surface area contributed by atoms with Crippen LogP contribution in [-0.2, 0) is 23.8 Å². The Kier molecular flexibility index (Phi) is 4.76. The van der Waals surface area contributed by atoms with Crippen molar-refractivity contribution in [3.05, 3.63) is 22.7 Å². The van der Waals surface area contributed by atoms with Crippen LogP contribution in [0.1, 0.15) is 26.5 Å². The topological polar surface area (TPSA) is 123 Å². The third-order valence-corrected chi connectivity index (χ3v) is 3.11. The molecule has 0 spiro atoms. The molecule has 0 saturated carbocycles. The number of carbonyl (C=O) groups is 2. The van der Waals surface area contributed by atoms with E-state index < -0.39 is 36.1 Å². The smallest absolute Gasteiger partial charge is 0.351 e. The van der Waals surface area contributed by atoms with E-state index in [-0.39, 0.29) is 18.8 Å². The van der Waals surface area contributed by atoms with Gasteiger partial charge in [-0.15, -0.1) is 0 Å². The van der Waals surface area contributed by atoms with Gasteiger partial charge >= 0.3 is 17.6 Å². The molecule has 2 heterocycles. The molecule has 3 unspecified atom stereocenters. The highest BCUT2D eigenvalue weighted by Crippen LogP contribution is 2.30. The van der Waals surface area contributed by atoms with E-state index in [1.54, 1.807) is 0 Å². The van der Waals surface area contributed by atoms with Gasteiger partial charge in [0, 0.05) is 26.5 Å². The first-order valence-electron chi connectivity index (χ1n) is 6.67. The summed E-state index contributed by atoms with van der Waals surface area (Å²) in [5.41, 5.74) is 4.87. The first-order chi connectivity index (χ1) is 10.4. The number of aromatic nitrogens is 2. The average molecular weight is 311 g/mol. The lowest BCUT2D eigenvalue weighted by Gasteiger charge is -2.17. The summed E-state index contributed by atoms with van der Waals surface area (Å²) in [5.74, 6) is -0.850. The minimum atomic E-state index is -0.675. The van der Waals surface area contributed by atoms with Gasteiger partial charge in [-0.2, -0.15) is 4.98 Å². The molecular formula is C13H17N3O6. The maximum absolute atomic E-state index is 11.8. The Hall–Kier alpha value is -2.42. The number of hydrogen-bond acceptors (Lipinski definition) is 8. The van der Waals surface area contributed by atoms with Crippen molar-refractivity contribution in [3.8, 4) is 0 Å². The second-order valence-electron chi connectivity index (χ2n) is 4.86. The molecule has 1 aliphatic rings. The number of nitrogen functional groups attached to an aromatic ring is 1. The van der Waals surface area contributed by atoms with E-state index in [0.29, 0.717) is 0 Å². The summed E-state index contributed by atoms with van der Waals surface area (Å²) in [6.45, 7) is 2.47. The standard InChI is InChI=1S/C13H17N3O6/c1-7(17)20-6-10-9(21-8(2)18)5-12(22-10)16-4-3-11(14)15-13(16)19/h3-4,9-10,12H,5-6H2,1-2H3,(H2,14,15,19). The molecule has 1 aromatic rings. The zero-order valence-electron chi connectivity index (χ0n) is 12.2. The van der Waals surface area contributed by atoms with Crippen molar-refractivity contribution in [3.63, 3.8) is 0 Å². The molecule has 120 valence electrons. The fourth-order valence-electron chi connectivity index (χ4n) is 2.20. The Morgan fingerprint density at radius 2 is 2.18 bits per heavy atom. The van der Waals surface area contributed by atoms with Crippen LogP contribution in [0.25, 0.3) is 0 Å². The molecular weight excluding hydrogens is 294 g/mol. The van der Waals surface area contributed by atoms with Crippen molar-refractivity contribution in [1.82, 2.24) is 9.55 Å². The molecule has 0 aliphatic carbocycles. The van der Waals surface area contributed by atoms with E-state index >= 15 is 0 Å². The Morgan fingerprint density at radius 3 is 2.77 bits per heavy atom. The summed E-state index contributed by atoms with van der Waals surface area (Å²) in [4.78, 5) is 37.5. The van der Waals surface area contributed by atoms with Crippen LogP contribution in [0, 0.1) is 0 Å². The molecule has 3 atom stereocenters. The minimum absolute atomic E-state index is 0.0685. The molecule has 2 rings (SSSR count). The van der Waals surface area contributed by atoms with Crippen LogP contribution in [0.3, 0.4) is 0 Å². The van der Waals surface area contributed by atoms with Crippen LogP contribution in [-0.4, -0.2) is 40.3 Å². The van der Waals surface area contributed by atoms with Crippen LogP contribution in [0.2, 0.25) is 0 Å². The third-order valence-electron chi connectivity index (χ3n) is 3.11. The van der Waals surface area contributed by atoms with Crippen LogP contribution in [0.4, 0.5) is 5.82 Å². The molecule has 0 radical (unpaired) electrons. The number of anilines is 1. The van der Waals surface area contributed by atoms with E-state index in [1.807, 2.05) is 0 Å². The molecule has 1 aromatic heterocycles. The second kappa shape index (κ2) is 6.56. The van der Waals surface area contributed by atoms with Crippen LogP contribution in [0.15, 0.2) is 17.1 Å². The van der Waals surface area contributed by atoms with Gasteiger partial charge in [-0.05, 0) is 6.07 Å². The molecule has 2 N–H and O–H groups in total. The molecule has 0 aromatic carbocycles. The van der Waals surface area contributed by atoms with Gasteiger partial charge in [0.05, 0.1) is 0 Å². The zero-order valence-corrected chi connectivity index (χ0v) is 12.2. The average Bonchev–Trinajstić information content (AvgIpc) is 2.78. The summed E-state index contributed by atoms with van der Waals surface area (Å²) < 4.78 is 17.0. The van der Waals surface area contributed by atoms with E-state index in [4.69, 9.17) is 19.9 Å². The van der Waals surface area contributed by atoms with Gasteiger partial charge in [0.25, 0.3) is 0 Å². The largest absolute Gasteiger partial charge is 0.463 e.